The van der Waals surface area contributed by atoms with E-state index in [0.29, 0.717) is 22.2 Å². The topological polar surface area (TPSA) is 29.5 Å². The molecule has 0 fully saturated rings. The summed E-state index contributed by atoms with van der Waals surface area (Å²) in [6.45, 7) is 1.99. The normalized spacial score (nSPS) is 21.2. The summed E-state index contributed by atoms with van der Waals surface area (Å²) in [6.07, 6.45) is -0.232. The maximum absolute atomic E-state index is 10.3. The first-order chi connectivity index (χ1) is 9.54. The summed E-state index contributed by atoms with van der Waals surface area (Å²) in [6, 6.07) is 11.0. The van der Waals surface area contributed by atoms with Gasteiger partial charge < -0.3 is 9.84 Å². The van der Waals surface area contributed by atoms with Gasteiger partial charge in [0.1, 0.15) is 11.9 Å². The van der Waals surface area contributed by atoms with Crippen molar-refractivity contribution in [2.45, 2.75) is 25.6 Å². The van der Waals surface area contributed by atoms with Gasteiger partial charge in [0.25, 0.3) is 0 Å². The molecule has 2 aromatic rings. The number of benzene rings is 2. The Kier molecular flexibility index (Phi) is 3.63. The molecule has 1 aliphatic rings. The number of hydrogen-bond donors (Lipinski definition) is 1. The minimum Gasteiger partial charge on any atom is -0.485 e. The SMILES string of the molecule is Cc1cc(Cl)ccc1C1CC(O)c2cc(Cl)ccc2O1. The number of rotatable bonds is 1. The van der Waals surface area contributed by atoms with Crippen LogP contribution in [0.25, 0.3) is 0 Å². The second-order valence-corrected chi connectivity index (χ2v) is 5.91. The van der Waals surface area contributed by atoms with Gasteiger partial charge in [0.2, 0.25) is 0 Å². The molecule has 0 saturated heterocycles. The molecule has 2 unspecified atom stereocenters. The highest BCUT2D eigenvalue weighted by molar-refractivity contribution is 6.31. The molecule has 2 atom stereocenters. The summed E-state index contributed by atoms with van der Waals surface area (Å²) in [5, 5.41) is 11.6. The lowest BCUT2D eigenvalue weighted by Gasteiger charge is -2.30. The van der Waals surface area contributed by atoms with Crippen LogP contribution in [0.2, 0.25) is 10.0 Å². The molecule has 1 N–H and O–H groups in total. The number of aryl methyl sites for hydroxylation is 1. The quantitative estimate of drug-likeness (QED) is 0.815. The average Bonchev–Trinajstić information content (AvgIpc) is 2.39. The summed E-state index contributed by atoms with van der Waals surface area (Å²) < 4.78 is 6.00. The molecule has 0 amide bonds. The molecule has 2 nitrogen and oxygen atoms in total. The number of fused-ring (bicyclic) bond motifs is 1. The van der Waals surface area contributed by atoms with Gasteiger partial charge in [0.05, 0.1) is 6.10 Å². The fourth-order valence-corrected chi connectivity index (χ4v) is 3.02. The van der Waals surface area contributed by atoms with Crippen LogP contribution in [0.1, 0.15) is 35.3 Å². The van der Waals surface area contributed by atoms with Crippen molar-refractivity contribution in [3.63, 3.8) is 0 Å². The first-order valence-corrected chi connectivity index (χ1v) is 7.20. The third kappa shape index (κ3) is 2.51. The second kappa shape index (κ2) is 5.28. The van der Waals surface area contributed by atoms with Crippen LogP contribution in [0.3, 0.4) is 0 Å². The average molecular weight is 309 g/mol. The number of halogens is 2. The van der Waals surface area contributed by atoms with Crippen molar-refractivity contribution >= 4 is 23.2 Å². The van der Waals surface area contributed by atoms with Gasteiger partial charge in [-0.25, -0.2) is 0 Å². The van der Waals surface area contributed by atoms with Crippen molar-refractivity contribution in [3.05, 3.63) is 63.1 Å². The second-order valence-electron chi connectivity index (χ2n) is 5.04. The molecule has 0 aliphatic carbocycles. The van der Waals surface area contributed by atoms with E-state index in [1.54, 1.807) is 18.2 Å². The van der Waals surface area contributed by atoms with Crippen LogP contribution >= 0.6 is 23.2 Å². The summed E-state index contributed by atoms with van der Waals surface area (Å²) in [5.74, 6) is 0.688. The molecule has 104 valence electrons. The Hall–Kier alpha value is -1.22. The van der Waals surface area contributed by atoms with Crippen molar-refractivity contribution in [2.75, 3.05) is 0 Å². The maximum Gasteiger partial charge on any atom is 0.127 e. The van der Waals surface area contributed by atoms with Crippen LogP contribution in [0.5, 0.6) is 5.75 Å². The predicted octanol–water partition coefficient (Wildman–Crippen LogP) is 4.86. The highest BCUT2D eigenvalue weighted by Crippen LogP contribution is 2.42. The first-order valence-electron chi connectivity index (χ1n) is 6.45. The highest BCUT2D eigenvalue weighted by Gasteiger charge is 2.29. The lowest BCUT2D eigenvalue weighted by Crippen LogP contribution is -2.19. The molecular formula is C16H14Cl2O2. The summed E-state index contributed by atoms with van der Waals surface area (Å²) in [4.78, 5) is 0. The third-order valence-corrected chi connectivity index (χ3v) is 4.09. The molecule has 20 heavy (non-hydrogen) atoms. The monoisotopic (exact) mass is 308 g/mol. The Bertz CT molecular complexity index is 655. The maximum atomic E-state index is 10.3. The molecule has 3 rings (SSSR count). The van der Waals surface area contributed by atoms with Gasteiger partial charge in [-0.3, -0.25) is 0 Å². The van der Waals surface area contributed by atoms with E-state index in [4.69, 9.17) is 27.9 Å². The zero-order valence-electron chi connectivity index (χ0n) is 10.9. The highest BCUT2D eigenvalue weighted by atomic mass is 35.5. The van der Waals surface area contributed by atoms with E-state index in [1.165, 1.54) is 0 Å². The molecule has 0 spiro atoms. The smallest absolute Gasteiger partial charge is 0.127 e. The van der Waals surface area contributed by atoms with Crippen LogP contribution in [-0.4, -0.2) is 5.11 Å². The van der Waals surface area contributed by atoms with E-state index in [9.17, 15) is 5.11 Å². The lowest BCUT2D eigenvalue weighted by atomic mass is 9.93. The van der Waals surface area contributed by atoms with Gasteiger partial charge >= 0.3 is 0 Å². The van der Waals surface area contributed by atoms with E-state index in [2.05, 4.69) is 0 Å². The van der Waals surface area contributed by atoms with E-state index >= 15 is 0 Å². The van der Waals surface area contributed by atoms with Crippen molar-refractivity contribution in [2.24, 2.45) is 0 Å². The number of aliphatic hydroxyl groups excluding tert-OH is 1. The van der Waals surface area contributed by atoms with Crippen LogP contribution in [0, 0.1) is 6.92 Å². The van der Waals surface area contributed by atoms with E-state index < -0.39 is 6.10 Å². The zero-order chi connectivity index (χ0) is 14.3. The van der Waals surface area contributed by atoms with Crippen LogP contribution < -0.4 is 4.74 Å². The van der Waals surface area contributed by atoms with Crippen molar-refractivity contribution in [3.8, 4) is 5.75 Å². The van der Waals surface area contributed by atoms with Gasteiger partial charge in [-0.15, -0.1) is 0 Å². The first kappa shape index (κ1) is 13.7. The summed E-state index contributed by atoms with van der Waals surface area (Å²) in [5.41, 5.74) is 2.86. The van der Waals surface area contributed by atoms with Crippen LogP contribution in [0.15, 0.2) is 36.4 Å². The van der Waals surface area contributed by atoms with Crippen molar-refractivity contribution < 1.29 is 9.84 Å². The number of hydrogen-bond acceptors (Lipinski definition) is 2. The molecule has 0 bridgehead atoms. The lowest BCUT2D eigenvalue weighted by molar-refractivity contribution is 0.0655. The molecule has 1 heterocycles. The van der Waals surface area contributed by atoms with Gasteiger partial charge in [0, 0.05) is 22.0 Å². The van der Waals surface area contributed by atoms with Gasteiger partial charge in [0.15, 0.2) is 0 Å². The summed E-state index contributed by atoms with van der Waals surface area (Å²) in [7, 11) is 0. The van der Waals surface area contributed by atoms with Crippen LogP contribution in [-0.2, 0) is 0 Å². The molecule has 1 aliphatic heterocycles. The Labute approximate surface area is 127 Å². The number of aliphatic hydroxyl groups is 1. The molecule has 0 radical (unpaired) electrons. The minimum absolute atomic E-state index is 0.170. The molecule has 0 aromatic heterocycles. The fourth-order valence-electron chi connectivity index (χ4n) is 2.61. The van der Waals surface area contributed by atoms with E-state index in [1.807, 2.05) is 25.1 Å². The molecular weight excluding hydrogens is 295 g/mol. The van der Waals surface area contributed by atoms with Crippen molar-refractivity contribution in [1.82, 2.24) is 0 Å². The molecule has 0 saturated carbocycles. The molecule has 2 aromatic carbocycles. The Morgan fingerprint density at radius 1 is 1.05 bits per heavy atom. The molecule has 4 heteroatoms. The number of ether oxygens (including phenoxy) is 1. The minimum atomic E-state index is -0.572. The standard InChI is InChI=1S/C16H14Cl2O2/c1-9-6-10(17)2-4-12(9)16-8-14(19)13-7-11(18)3-5-15(13)20-16/h2-7,14,16,19H,8H2,1H3. The Morgan fingerprint density at radius 2 is 1.75 bits per heavy atom. The Morgan fingerprint density at radius 3 is 2.50 bits per heavy atom. The van der Waals surface area contributed by atoms with Crippen molar-refractivity contribution in [1.29, 1.82) is 0 Å². The predicted molar refractivity (Wildman–Crippen MR) is 80.6 cm³/mol. The zero-order valence-corrected chi connectivity index (χ0v) is 12.4. The van der Waals surface area contributed by atoms with Gasteiger partial charge in [-0.05, 0) is 48.4 Å². The van der Waals surface area contributed by atoms with E-state index in [0.717, 1.165) is 16.7 Å². The third-order valence-electron chi connectivity index (χ3n) is 3.62. The van der Waals surface area contributed by atoms with E-state index in [-0.39, 0.29) is 6.10 Å². The van der Waals surface area contributed by atoms with Crippen LogP contribution in [0.4, 0.5) is 0 Å². The fraction of sp³-hybridized carbons (Fsp3) is 0.250. The van der Waals surface area contributed by atoms with Gasteiger partial charge in [-0.2, -0.15) is 0 Å². The largest absolute Gasteiger partial charge is 0.485 e. The summed E-state index contributed by atoms with van der Waals surface area (Å²) >= 11 is 11.9. The van der Waals surface area contributed by atoms with Gasteiger partial charge in [-0.1, -0.05) is 29.3 Å². The Balaban J connectivity index is 1.97.